The van der Waals surface area contributed by atoms with Crippen LogP contribution in [0, 0.1) is 11.8 Å². The molecule has 59 heavy (non-hydrogen) atoms. The molecule has 2 aliphatic rings. The molecule has 2 aromatic carbocycles. The number of benzene rings is 2. The van der Waals surface area contributed by atoms with Crippen LogP contribution < -0.4 is 19.2 Å². The van der Waals surface area contributed by atoms with Gasteiger partial charge in [-0.05, 0) is 72.9 Å². The van der Waals surface area contributed by atoms with Gasteiger partial charge in [-0.3, -0.25) is 9.44 Å². The van der Waals surface area contributed by atoms with Gasteiger partial charge in [0.1, 0.15) is 22.4 Å². The van der Waals surface area contributed by atoms with Gasteiger partial charge >= 0.3 is 31.1 Å². The van der Waals surface area contributed by atoms with Gasteiger partial charge in [0, 0.05) is 57.0 Å². The van der Waals surface area contributed by atoms with Gasteiger partial charge in [0.25, 0.3) is 10.3 Å². The number of rotatable bonds is 12. The Hall–Kier alpha value is -3.94. The van der Waals surface area contributed by atoms with E-state index >= 15 is 0 Å². The van der Waals surface area contributed by atoms with E-state index in [0.717, 1.165) is 59.7 Å². The van der Waals surface area contributed by atoms with Crippen LogP contribution in [0.15, 0.2) is 55.7 Å². The summed E-state index contributed by atoms with van der Waals surface area (Å²) < 4.78 is 127. The van der Waals surface area contributed by atoms with Crippen LogP contribution in [0.4, 0.5) is 70.7 Å². The van der Waals surface area contributed by atoms with Gasteiger partial charge in [0.2, 0.25) is 0 Å². The maximum absolute atomic E-state index is 12.9. The standard InChI is InChI=1S/2C16H19F3N6O2S2.Zn/c2*1-10(2)8-25-5-3-4-11-6-12(21-23-15-22-20-9-28-15)13(7-14(11)25)24-29(26,27)16(17,18)19;/h2*6-7,9-10,24H,3-5,8H2,1-2H3;. The molecule has 318 valence electrons. The van der Waals surface area contributed by atoms with Crippen molar-refractivity contribution in [3.05, 3.63) is 46.4 Å². The van der Waals surface area contributed by atoms with Gasteiger partial charge in [-0.25, -0.2) is 0 Å². The first-order chi connectivity index (χ1) is 27.1. The predicted molar refractivity (Wildman–Crippen MR) is 209 cm³/mol. The number of sulfonamides is 2. The van der Waals surface area contributed by atoms with Crippen molar-refractivity contribution in [2.75, 3.05) is 45.4 Å². The first kappa shape index (κ1) is 47.7. The van der Waals surface area contributed by atoms with E-state index in [1.165, 1.54) is 23.2 Å². The number of nitrogens with zero attached hydrogens (tertiary/aromatic N) is 10. The molecule has 0 unspecified atom stereocenters. The van der Waals surface area contributed by atoms with E-state index in [1.807, 2.05) is 37.5 Å². The number of aryl methyl sites for hydroxylation is 2. The van der Waals surface area contributed by atoms with E-state index in [0.29, 0.717) is 49.1 Å². The number of azo groups is 2. The number of anilines is 4. The smallest absolute Gasteiger partial charge is 0.371 e. The Balaban J connectivity index is 0.000000256. The summed E-state index contributed by atoms with van der Waals surface area (Å²) in [4.78, 5) is 4.08. The summed E-state index contributed by atoms with van der Waals surface area (Å²) in [6, 6.07) is 5.93. The summed E-state index contributed by atoms with van der Waals surface area (Å²) in [6.07, 6.45) is 3.16. The van der Waals surface area contributed by atoms with Crippen molar-refractivity contribution in [3.8, 4) is 0 Å². The van der Waals surface area contributed by atoms with Gasteiger partial charge in [-0.1, -0.05) is 50.4 Å². The molecule has 0 aliphatic carbocycles. The molecule has 0 bridgehead atoms. The van der Waals surface area contributed by atoms with Crippen LogP contribution in [-0.4, -0.2) is 74.4 Å². The fourth-order valence-corrected chi connectivity index (χ4v) is 7.88. The minimum atomic E-state index is -5.61. The van der Waals surface area contributed by atoms with Crippen LogP contribution >= 0.6 is 22.7 Å². The van der Waals surface area contributed by atoms with E-state index in [1.54, 1.807) is 21.6 Å². The number of hydrogen-bond acceptors (Lipinski definition) is 16. The maximum atomic E-state index is 12.9. The number of fused-ring (bicyclic) bond motifs is 2. The average molecular weight is 962 g/mol. The number of hydrogen-bond donors (Lipinski definition) is 2. The molecule has 4 heterocycles. The Bertz CT molecular complexity index is 2150. The van der Waals surface area contributed by atoms with Gasteiger partial charge in [0.05, 0.1) is 11.4 Å². The monoisotopic (exact) mass is 960 g/mol. The van der Waals surface area contributed by atoms with Crippen LogP contribution in [-0.2, 0) is 52.4 Å². The third-order valence-corrected chi connectivity index (χ3v) is 11.6. The molecule has 4 aromatic rings. The number of nitrogens with one attached hydrogen (secondary N) is 2. The molecule has 16 nitrogen and oxygen atoms in total. The molecule has 2 N–H and O–H groups in total. The second kappa shape index (κ2) is 19.6. The van der Waals surface area contributed by atoms with Crippen LogP contribution in [0.25, 0.3) is 0 Å². The van der Waals surface area contributed by atoms with E-state index in [2.05, 4.69) is 40.9 Å². The van der Waals surface area contributed by atoms with Gasteiger partial charge in [-0.2, -0.15) is 43.2 Å². The van der Waals surface area contributed by atoms with E-state index in [-0.39, 0.29) is 52.5 Å². The molecule has 0 saturated carbocycles. The second-order valence-corrected chi connectivity index (χ2v) is 18.8. The number of aromatic nitrogens is 4. The first-order valence-corrected chi connectivity index (χ1v) is 22.2. The Kier molecular flexibility index (Phi) is 15.9. The Labute approximate surface area is 356 Å². The van der Waals surface area contributed by atoms with Crippen molar-refractivity contribution in [2.24, 2.45) is 32.3 Å². The third-order valence-electron chi connectivity index (χ3n) is 8.28. The minimum absolute atomic E-state index is 0. The van der Waals surface area contributed by atoms with Crippen molar-refractivity contribution in [2.45, 2.75) is 64.4 Å². The summed E-state index contributed by atoms with van der Waals surface area (Å²) >= 11 is 2.18. The van der Waals surface area contributed by atoms with Crippen molar-refractivity contribution >= 4 is 87.1 Å². The van der Waals surface area contributed by atoms with Gasteiger partial charge in [0.15, 0.2) is 0 Å². The first-order valence-electron chi connectivity index (χ1n) is 17.5. The Morgan fingerprint density at radius 1 is 0.661 bits per heavy atom. The molecule has 0 saturated heterocycles. The van der Waals surface area contributed by atoms with Crippen LogP contribution in [0.2, 0.25) is 0 Å². The molecule has 2 aromatic heterocycles. The van der Waals surface area contributed by atoms with Crippen LogP contribution in [0.3, 0.4) is 0 Å². The molecular weight excluding hydrogens is 924 g/mol. The van der Waals surface area contributed by atoms with Crippen LogP contribution in [0.1, 0.15) is 51.7 Å². The summed E-state index contributed by atoms with van der Waals surface area (Å²) in [5.41, 5.74) is -5.51. The van der Waals surface area contributed by atoms with Crippen molar-refractivity contribution < 1.29 is 62.7 Å². The summed E-state index contributed by atoms with van der Waals surface area (Å²) in [6.45, 7) is 11.0. The van der Waals surface area contributed by atoms with Crippen LogP contribution in [0.5, 0.6) is 0 Å². The fourth-order valence-electron chi connectivity index (χ4n) is 6.00. The van der Waals surface area contributed by atoms with E-state index < -0.39 is 31.1 Å². The van der Waals surface area contributed by atoms with E-state index in [4.69, 9.17) is 0 Å². The summed E-state index contributed by atoms with van der Waals surface area (Å²) in [5.74, 6) is 0.654. The molecule has 6 rings (SSSR count). The quantitative estimate of drug-likeness (QED) is 0.0784. The fraction of sp³-hybridized carbons (Fsp3) is 0.500. The zero-order valence-corrected chi connectivity index (χ0v) is 38.2. The topological polar surface area (TPSA) is 200 Å². The normalized spacial score (nSPS) is 14.9. The molecule has 2 aliphatic heterocycles. The Morgan fingerprint density at radius 2 is 1.03 bits per heavy atom. The molecule has 0 amide bonds. The number of alkyl halides is 6. The molecule has 27 heteroatoms. The molecule has 0 fully saturated rings. The minimum Gasteiger partial charge on any atom is -0.371 e. The van der Waals surface area contributed by atoms with Crippen molar-refractivity contribution in [3.63, 3.8) is 0 Å². The van der Waals surface area contributed by atoms with Crippen molar-refractivity contribution in [1.29, 1.82) is 0 Å². The third kappa shape index (κ3) is 12.5. The number of halogens is 6. The molecule has 0 atom stereocenters. The molecule has 0 radical (unpaired) electrons. The van der Waals surface area contributed by atoms with E-state index in [9.17, 15) is 43.2 Å². The largest absolute Gasteiger partial charge is 0.516 e. The predicted octanol–water partition coefficient (Wildman–Crippen LogP) is 9.24. The van der Waals surface area contributed by atoms with Gasteiger partial charge in [-0.15, -0.1) is 40.9 Å². The summed E-state index contributed by atoms with van der Waals surface area (Å²) in [7, 11) is -11.2. The average Bonchev–Trinajstić information content (AvgIpc) is 3.84. The Morgan fingerprint density at radius 3 is 1.34 bits per heavy atom. The zero-order chi connectivity index (χ0) is 42.5. The van der Waals surface area contributed by atoms with Gasteiger partial charge < -0.3 is 9.80 Å². The SMILES string of the molecule is CC(C)CN1CCCc2cc(N=Nc3nncs3)c(NS(=O)(=O)C(F)(F)F)cc21.CC(C)CN1CCCc2cc(N=Nc3nncs3)c(NS(=O)(=O)C(F)(F)F)cc21.[Zn]. The second-order valence-electron chi connectivity index (χ2n) is 13.8. The molecule has 0 spiro atoms. The van der Waals surface area contributed by atoms with Crippen molar-refractivity contribution in [1.82, 2.24) is 20.4 Å². The molecular formula is C32H38F6N12O4S4Zn. The maximum Gasteiger partial charge on any atom is 0.516 e. The zero-order valence-electron chi connectivity index (χ0n) is 32.0. The summed E-state index contributed by atoms with van der Waals surface area (Å²) in [5, 5.41) is 30.5.